The van der Waals surface area contributed by atoms with Crippen LogP contribution in [0.4, 0.5) is 0 Å². The highest BCUT2D eigenvalue weighted by Gasteiger charge is 2.30. The normalized spacial score (nSPS) is 16.8. The molecule has 0 saturated carbocycles. The van der Waals surface area contributed by atoms with Crippen LogP contribution in [0.1, 0.15) is 58.3 Å². The molecule has 128 valence electrons. The molecule has 2 aromatic rings. The summed E-state index contributed by atoms with van der Waals surface area (Å²) < 4.78 is 10.2. The Morgan fingerprint density at radius 1 is 1.25 bits per heavy atom. The number of fused-ring (bicyclic) bond motifs is 1. The van der Waals surface area contributed by atoms with Crippen molar-refractivity contribution in [2.45, 2.75) is 52.1 Å². The topological polar surface area (TPSA) is 110 Å². The second-order valence-electron chi connectivity index (χ2n) is 6.30. The summed E-state index contributed by atoms with van der Waals surface area (Å²) in [6.07, 6.45) is 1.85. The van der Waals surface area contributed by atoms with Gasteiger partial charge < -0.3 is 19.7 Å². The summed E-state index contributed by atoms with van der Waals surface area (Å²) in [4.78, 5) is 24.4. The maximum Gasteiger partial charge on any atom is 0.273 e. The van der Waals surface area contributed by atoms with Gasteiger partial charge in [-0.15, -0.1) is 0 Å². The van der Waals surface area contributed by atoms with Crippen LogP contribution < -0.4 is 10.6 Å². The van der Waals surface area contributed by atoms with E-state index < -0.39 is 0 Å². The van der Waals surface area contributed by atoms with Crippen molar-refractivity contribution in [1.82, 2.24) is 20.9 Å². The van der Waals surface area contributed by atoms with Crippen LogP contribution in [-0.4, -0.2) is 34.2 Å². The summed E-state index contributed by atoms with van der Waals surface area (Å²) in [7, 11) is 0. The van der Waals surface area contributed by atoms with Crippen molar-refractivity contribution < 1.29 is 18.6 Å². The van der Waals surface area contributed by atoms with Gasteiger partial charge in [-0.1, -0.05) is 10.3 Å². The molecule has 0 bridgehead atoms. The molecule has 0 spiro atoms. The molecule has 1 unspecified atom stereocenters. The molecule has 24 heavy (non-hydrogen) atoms. The number of carbonyl (C=O) groups excluding carboxylic acids is 2. The average molecular weight is 332 g/mol. The van der Waals surface area contributed by atoms with Crippen LogP contribution in [-0.2, 0) is 12.8 Å². The summed E-state index contributed by atoms with van der Waals surface area (Å²) in [5.41, 5.74) is 1.32. The van der Waals surface area contributed by atoms with E-state index in [0.29, 0.717) is 30.1 Å². The van der Waals surface area contributed by atoms with Crippen LogP contribution in [0.5, 0.6) is 0 Å². The number of carbonyl (C=O) groups is 2. The fraction of sp³-hybridized carbons (Fsp3) is 0.500. The van der Waals surface area contributed by atoms with Gasteiger partial charge >= 0.3 is 0 Å². The fourth-order valence-corrected chi connectivity index (χ4v) is 2.77. The monoisotopic (exact) mass is 332 g/mol. The fourth-order valence-electron chi connectivity index (χ4n) is 2.77. The Bertz CT molecular complexity index is 762. The van der Waals surface area contributed by atoms with Gasteiger partial charge in [0.1, 0.15) is 11.5 Å². The van der Waals surface area contributed by atoms with Gasteiger partial charge in [-0.25, -0.2) is 0 Å². The molecule has 2 heterocycles. The summed E-state index contributed by atoms with van der Waals surface area (Å²) in [6, 6.07) is 1.50. The molecule has 2 amide bonds. The van der Waals surface area contributed by atoms with Crippen LogP contribution in [0.2, 0.25) is 0 Å². The van der Waals surface area contributed by atoms with Crippen molar-refractivity contribution in [3.05, 3.63) is 34.5 Å². The zero-order valence-electron chi connectivity index (χ0n) is 13.9. The van der Waals surface area contributed by atoms with Gasteiger partial charge in [0.2, 0.25) is 0 Å². The predicted molar refractivity (Wildman–Crippen MR) is 83.6 cm³/mol. The van der Waals surface area contributed by atoms with Crippen molar-refractivity contribution in [3.8, 4) is 0 Å². The lowest BCUT2D eigenvalue weighted by Crippen LogP contribution is -2.39. The Kier molecular flexibility index (Phi) is 4.37. The van der Waals surface area contributed by atoms with Gasteiger partial charge in [0, 0.05) is 30.1 Å². The summed E-state index contributed by atoms with van der Waals surface area (Å²) >= 11 is 0. The Morgan fingerprint density at radius 2 is 2.04 bits per heavy atom. The third kappa shape index (κ3) is 3.32. The maximum atomic E-state index is 12.2. The van der Waals surface area contributed by atoms with Gasteiger partial charge in [0.15, 0.2) is 11.4 Å². The van der Waals surface area contributed by atoms with Gasteiger partial charge in [-0.2, -0.15) is 0 Å². The highest BCUT2D eigenvalue weighted by molar-refractivity contribution is 5.94. The van der Waals surface area contributed by atoms with Crippen molar-refractivity contribution in [2.75, 3.05) is 0 Å². The molecule has 1 aliphatic carbocycles. The average Bonchev–Trinajstić information content (AvgIpc) is 3.12. The van der Waals surface area contributed by atoms with E-state index in [0.717, 1.165) is 12.0 Å². The third-order valence-electron chi connectivity index (χ3n) is 3.87. The summed E-state index contributed by atoms with van der Waals surface area (Å²) in [5.74, 6) is 0.753. The van der Waals surface area contributed by atoms with Crippen LogP contribution in [0.25, 0.3) is 0 Å². The van der Waals surface area contributed by atoms with E-state index >= 15 is 0 Å². The third-order valence-corrected chi connectivity index (χ3v) is 3.87. The van der Waals surface area contributed by atoms with Crippen LogP contribution >= 0.6 is 0 Å². The summed E-state index contributed by atoms with van der Waals surface area (Å²) in [6.45, 7) is 5.49. The maximum absolute atomic E-state index is 12.2. The highest BCUT2D eigenvalue weighted by Crippen LogP contribution is 2.25. The minimum Gasteiger partial charge on any atom is -0.361 e. The molecular weight excluding hydrogens is 312 g/mol. The highest BCUT2D eigenvalue weighted by atomic mass is 16.5. The number of aryl methyl sites for hydroxylation is 2. The molecule has 1 atom stereocenters. The molecule has 8 heteroatoms. The van der Waals surface area contributed by atoms with E-state index in [1.165, 1.54) is 0 Å². The SMILES string of the molecule is Cc1cc(C(=O)NC2CCc3onc(C(=O)NC(C)C)c3C2)no1. The Morgan fingerprint density at radius 3 is 2.71 bits per heavy atom. The van der Waals surface area contributed by atoms with E-state index in [1.807, 2.05) is 13.8 Å². The minimum absolute atomic E-state index is 0.0133. The Balaban J connectivity index is 1.70. The molecule has 0 saturated heterocycles. The number of amides is 2. The van der Waals surface area contributed by atoms with E-state index in [2.05, 4.69) is 20.9 Å². The van der Waals surface area contributed by atoms with Crippen molar-refractivity contribution in [2.24, 2.45) is 0 Å². The van der Waals surface area contributed by atoms with Gasteiger partial charge in [0.05, 0.1) is 0 Å². The number of hydrogen-bond donors (Lipinski definition) is 2. The summed E-state index contributed by atoms with van der Waals surface area (Å²) in [5, 5.41) is 13.3. The van der Waals surface area contributed by atoms with Gasteiger partial charge in [0.25, 0.3) is 11.8 Å². The van der Waals surface area contributed by atoms with Gasteiger partial charge in [-0.3, -0.25) is 9.59 Å². The van der Waals surface area contributed by atoms with Crippen molar-refractivity contribution >= 4 is 11.8 Å². The number of hydrogen-bond acceptors (Lipinski definition) is 6. The lowest BCUT2D eigenvalue weighted by molar-refractivity contribution is 0.0921. The Labute approximate surface area is 138 Å². The van der Waals surface area contributed by atoms with Crippen LogP contribution in [0, 0.1) is 6.92 Å². The molecule has 2 N–H and O–H groups in total. The first-order chi connectivity index (χ1) is 11.4. The molecule has 3 rings (SSSR count). The van der Waals surface area contributed by atoms with Crippen molar-refractivity contribution in [1.29, 1.82) is 0 Å². The zero-order valence-corrected chi connectivity index (χ0v) is 13.9. The smallest absolute Gasteiger partial charge is 0.273 e. The van der Waals surface area contributed by atoms with E-state index in [4.69, 9.17) is 9.05 Å². The molecule has 0 aromatic carbocycles. The number of nitrogens with one attached hydrogen (secondary N) is 2. The molecule has 8 nitrogen and oxygen atoms in total. The molecule has 0 fully saturated rings. The van der Waals surface area contributed by atoms with Gasteiger partial charge in [-0.05, 0) is 33.6 Å². The molecule has 2 aromatic heterocycles. The standard InChI is InChI=1S/C16H20N4O4/c1-8(2)17-16(22)14-11-7-10(4-5-13(11)24-20-14)18-15(21)12-6-9(3)23-19-12/h6,8,10H,4-5,7H2,1-3H3,(H,17,22)(H,18,21). The molecule has 1 aliphatic rings. The predicted octanol–water partition coefficient (Wildman–Crippen LogP) is 1.40. The molecule has 0 aliphatic heterocycles. The number of nitrogens with zero attached hydrogens (tertiary/aromatic N) is 2. The second-order valence-corrected chi connectivity index (χ2v) is 6.30. The molecule has 0 radical (unpaired) electrons. The van der Waals surface area contributed by atoms with Crippen LogP contribution in [0.3, 0.4) is 0 Å². The lowest BCUT2D eigenvalue weighted by Gasteiger charge is -2.22. The first-order valence-electron chi connectivity index (χ1n) is 7.96. The van der Waals surface area contributed by atoms with E-state index in [9.17, 15) is 9.59 Å². The Hall–Kier alpha value is -2.64. The second kappa shape index (κ2) is 6.46. The van der Waals surface area contributed by atoms with Crippen molar-refractivity contribution in [3.63, 3.8) is 0 Å². The van der Waals surface area contributed by atoms with E-state index in [-0.39, 0.29) is 29.6 Å². The first-order valence-corrected chi connectivity index (χ1v) is 7.96. The van der Waals surface area contributed by atoms with E-state index in [1.54, 1.807) is 13.0 Å². The quantitative estimate of drug-likeness (QED) is 0.875. The lowest BCUT2D eigenvalue weighted by atomic mass is 9.91. The number of aromatic nitrogens is 2. The zero-order chi connectivity index (χ0) is 17.3. The molecular formula is C16H20N4O4. The number of rotatable bonds is 4. The largest absolute Gasteiger partial charge is 0.361 e. The minimum atomic E-state index is -0.287. The van der Waals surface area contributed by atoms with Crippen LogP contribution in [0.15, 0.2) is 15.1 Å². The first kappa shape index (κ1) is 16.2.